The lowest BCUT2D eigenvalue weighted by atomic mass is 10.1. The van der Waals surface area contributed by atoms with Crippen molar-refractivity contribution in [2.45, 2.75) is 37.6 Å². The lowest BCUT2D eigenvalue weighted by molar-refractivity contribution is -0.143. The highest BCUT2D eigenvalue weighted by molar-refractivity contribution is 5.96. The molecule has 0 heterocycles. The van der Waals surface area contributed by atoms with Crippen LogP contribution in [0.15, 0.2) is 24.3 Å². The number of ether oxygens (including phenoxy) is 1. The van der Waals surface area contributed by atoms with E-state index in [4.69, 9.17) is 9.84 Å². The molecule has 0 spiro atoms. The summed E-state index contributed by atoms with van der Waals surface area (Å²) >= 11 is 0. The number of amides is 1. The number of aliphatic carboxylic acids is 1. The first-order valence-electron chi connectivity index (χ1n) is 7.18. The van der Waals surface area contributed by atoms with Gasteiger partial charge < -0.3 is 15.2 Å². The smallest absolute Gasteiger partial charge is 0.329 e. The predicted octanol–water partition coefficient (Wildman–Crippen LogP) is 1.78. The van der Waals surface area contributed by atoms with E-state index in [1.807, 2.05) is 0 Å². The van der Waals surface area contributed by atoms with Crippen LogP contribution in [0.3, 0.4) is 0 Å². The number of carboxylic acids is 1. The van der Waals surface area contributed by atoms with Crippen LogP contribution >= 0.6 is 0 Å². The third kappa shape index (κ3) is 3.84. The summed E-state index contributed by atoms with van der Waals surface area (Å²) in [7, 11) is 1.55. The number of rotatable bonds is 8. The first kappa shape index (κ1) is 16.0. The minimum Gasteiger partial charge on any atom is -0.497 e. The minimum atomic E-state index is -1.06. The molecule has 1 aromatic rings. The maximum Gasteiger partial charge on any atom is 0.329 e. The van der Waals surface area contributed by atoms with Crippen LogP contribution in [0.5, 0.6) is 5.75 Å². The number of nitrogens with one attached hydrogen (secondary N) is 1. The summed E-state index contributed by atoms with van der Waals surface area (Å²) in [6.07, 6.45) is 1.74. The van der Waals surface area contributed by atoms with Crippen LogP contribution in [0, 0.1) is 0 Å². The van der Waals surface area contributed by atoms with Gasteiger partial charge in [-0.1, -0.05) is 0 Å². The van der Waals surface area contributed by atoms with Gasteiger partial charge in [0.25, 0.3) is 0 Å². The Balaban J connectivity index is 1.74. The minimum absolute atomic E-state index is 0.0465. The number of carboxylic acid groups (broad SMARTS) is 1. The molecule has 0 bridgehead atoms. The van der Waals surface area contributed by atoms with Gasteiger partial charge >= 0.3 is 5.97 Å². The van der Waals surface area contributed by atoms with Gasteiger partial charge in [-0.2, -0.15) is 0 Å². The number of benzene rings is 1. The van der Waals surface area contributed by atoms with Crippen LogP contribution in [0.2, 0.25) is 0 Å². The van der Waals surface area contributed by atoms with Crippen LogP contribution in [-0.2, 0) is 9.59 Å². The maximum absolute atomic E-state index is 12.0. The number of carbonyl (C=O) groups excluding carboxylic acids is 2. The van der Waals surface area contributed by atoms with Crippen molar-refractivity contribution >= 4 is 17.7 Å². The van der Waals surface area contributed by atoms with Crippen molar-refractivity contribution in [3.8, 4) is 5.75 Å². The molecule has 0 radical (unpaired) electrons. The fourth-order valence-corrected chi connectivity index (χ4v) is 2.18. The second kappa shape index (κ2) is 6.60. The number of hydrogen-bond acceptors (Lipinski definition) is 4. The molecule has 1 aliphatic rings. The zero-order valence-corrected chi connectivity index (χ0v) is 12.4. The summed E-state index contributed by atoms with van der Waals surface area (Å²) in [6, 6.07) is 6.79. The lowest BCUT2D eigenvalue weighted by Gasteiger charge is -2.12. The van der Waals surface area contributed by atoms with E-state index >= 15 is 0 Å². The number of Topliss-reactive ketones (excluding diaryl/α,β-unsaturated/α-hetero) is 1. The van der Waals surface area contributed by atoms with Crippen molar-refractivity contribution in [3.05, 3.63) is 29.8 Å². The highest BCUT2D eigenvalue weighted by atomic mass is 16.5. The molecule has 1 saturated carbocycles. The molecule has 1 fully saturated rings. The monoisotopic (exact) mass is 305 g/mol. The summed E-state index contributed by atoms with van der Waals surface area (Å²) < 4.78 is 5.02. The molecular weight excluding hydrogens is 286 g/mol. The normalized spacial score (nSPS) is 15.0. The number of ketones is 1. The molecule has 6 nitrogen and oxygen atoms in total. The molecule has 22 heavy (non-hydrogen) atoms. The average molecular weight is 305 g/mol. The quantitative estimate of drug-likeness (QED) is 0.714. The lowest BCUT2D eigenvalue weighted by Crippen LogP contribution is -2.42. The van der Waals surface area contributed by atoms with Crippen molar-refractivity contribution in [3.63, 3.8) is 0 Å². The summed E-state index contributed by atoms with van der Waals surface area (Å²) in [5.41, 5.74) is -0.484. The van der Waals surface area contributed by atoms with Gasteiger partial charge in [-0.05, 0) is 43.5 Å². The fourth-order valence-electron chi connectivity index (χ4n) is 2.18. The zero-order valence-electron chi connectivity index (χ0n) is 12.4. The van der Waals surface area contributed by atoms with E-state index in [1.165, 1.54) is 0 Å². The Morgan fingerprint density at radius 3 is 2.32 bits per heavy atom. The van der Waals surface area contributed by atoms with Gasteiger partial charge in [0.2, 0.25) is 5.91 Å². The van der Waals surface area contributed by atoms with E-state index in [9.17, 15) is 14.4 Å². The van der Waals surface area contributed by atoms with E-state index in [-0.39, 0.29) is 24.5 Å². The zero-order chi connectivity index (χ0) is 16.2. The molecule has 118 valence electrons. The largest absolute Gasteiger partial charge is 0.497 e. The van der Waals surface area contributed by atoms with Gasteiger partial charge in [0.15, 0.2) is 5.78 Å². The Bertz CT molecular complexity index is 575. The molecule has 2 N–H and O–H groups in total. The van der Waals surface area contributed by atoms with Crippen LogP contribution in [0.4, 0.5) is 0 Å². The van der Waals surface area contributed by atoms with Crippen molar-refractivity contribution in [2.24, 2.45) is 0 Å². The van der Waals surface area contributed by atoms with E-state index in [1.54, 1.807) is 31.4 Å². The Morgan fingerprint density at radius 2 is 1.82 bits per heavy atom. The maximum atomic E-state index is 12.0. The van der Waals surface area contributed by atoms with Crippen molar-refractivity contribution in [1.29, 1.82) is 0 Å². The first-order chi connectivity index (χ1) is 10.5. The highest BCUT2D eigenvalue weighted by Gasteiger charge is 2.51. The van der Waals surface area contributed by atoms with Crippen LogP contribution in [0.25, 0.3) is 0 Å². The molecule has 0 atom stereocenters. The number of hydrogen-bond donors (Lipinski definition) is 2. The molecule has 2 rings (SSSR count). The Hall–Kier alpha value is -2.37. The van der Waals surface area contributed by atoms with Gasteiger partial charge in [0.1, 0.15) is 11.3 Å². The second-order valence-corrected chi connectivity index (χ2v) is 5.44. The number of carbonyl (C=O) groups is 3. The summed E-state index contributed by atoms with van der Waals surface area (Å²) in [5.74, 6) is -0.674. The van der Waals surface area contributed by atoms with Crippen molar-refractivity contribution < 1.29 is 24.2 Å². The van der Waals surface area contributed by atoms with Gasteiger partial charge in [-0.15, -0.1) is 0 Å². The summed E-state index contributed by atoms with van der Waals surface area (Å²) in [5, 5.41) is 11.5. The first-order valence-corrected chi connectivity index (χ1v) is 7.18. The summed E-state index contributed by atoms with van der Waals surface area (Å²) in [6.45, 7) is 0. The Kier molecular flexibility index (Phi) is 4.80. The summed E-state index contributed by atoms with van der Waals surface area (Å²) in [4.78, 5) is 34.6. The molecule has 0 unspecified atom stereocenters. The third-order valence-corrected chi connectivity index (χ3v) is 3.76. The number of methoxy groups -OCH3 is 1. The van der Waals surface area contributed by atoms with E-state index in [0.29, 0.717) is 30.6 Å². The highest BCUT2D eigenvalue weighted by Crippen LogP contribution is 2.35. The van der Waals surface area contributed by atoms with Gasteiger partial charge in [0.05, 0.1) is 7.11 Å². The second-order valence-electron chi connectivity index (χ2n) is 5.44. The van der Waals surface area contributed by atoms with Crippen LogP contribution in [-0.4, -0.2) is 35.4 Å². The molecule has 1 amide bonds. The van der Waals surface area contributed by atoms with Crippen molar-refractivity contribution in [1.82, 2.24) is 5.32 Å². The van der Waals surface area contributed by atoms with Gasteiger partial charge in [0, 0.05) is 18.4 Å². The molecule has 1 aromatic carbocycles. The fraction of sp³-hybridized carbons (Fsp3) is 0.438. The SMILES string of the molecule is COc1ccc(C(=O)CCCC(=O)NC2(C(=O)O)CC2)cc1. The van der Waals surface area contributed by atoms with Crippen LogP contribution < -0.4 is 10.1 Å². The molecule has 6 heteroatoms. The molecule has 1 aliphatic carbocycles. The Labute approximate surface area is 128 Å². The van der Waals surface area contributed by atoms with Gasteiger partial charge in [-0.25, -0.2) is 4.79 Å². The standard InChI is InChI=1S/C16H19NO5/c1-22-12-7-5-11(6-8-12)13(18)3-2-4-14(19)17-16(9-10-16)15(20)21/h5-8H,2-4,9-10H2,1H3,(H,17,19)(H,20,21). The van der Waals surface area contributed by atoms with Gasteiger partial charge in [-0.3, -0.25) is 9.59 Å². The molecule has 0 saturated heterocycles. The Morgan fingerprint density at radius 1 is 1.18 bits per heavy atom. The van der Waals surface area contributed by atoms with E-state index in [2.05, 4.69) is 5.32 Å². The molecule has 0 aliphatic heterocycles. The van der Waals surface area contributed by atoms with Crippen molar-refractivity contribution in [2.75, 3.05) is 7.11 Å². The van der Waals surface area contributed by atoms with E-state index in [0.717, 1.165) is 0 Å². The molecular formula is C16H19NO5. The third-order valence-electron chi connectivity index (χ3n) is 3.76. The van der Waals surface area contributed by atoms with E-state index < -0.39 is 11.5 Å². The topological polar surface area (TPSA) is 92.7 Å². The van der Waals surface area contributed by atoms with Crippen LogP contribution in [0.1, 0.15) is 42.5 Å². The average Bonchev–Trinajstić information content (AvgIpc) is 3.28. The predicted molar refractivity (Wildman–Crippen MR) is 78.9 cm³/mol. The molecule has 0 aromatic heterocycles.